The van der Waals surface area contributed by atoms with Crippen LogP contribution in [0.15, 0.2) is 48.8 Å². The average Bonchev–Trinajstić information content (AvgIpc) is 3.23. The second-order valence-electron chi connectivity index (χ2n) is 7.49. The van der Waals surface area contributed by atoms with Crippen molar-refractivity contribution in [1.29, 1.82) is 0 Å². The molecule has 1 aromatic carbocycles. The van der Waals surface area contributed by atoms with E-state index in [0.29, 0.717) is 6.04 Å². The Morgan fingerprint density at radius 1 is 1.00 bits per heavy atom. The quantitative estimate of drug-likeness (QED) is 0.848. The van der Waals surface area contributed by atoms with Gasteiger partial charge in [-0.15, -0.1) is 0 Å². The number of hydrogen-bond acceptors (Lipinski definition) is 5. The number of rotatable bonds is 6. The monoisotopic (exact) mass is 363 g/mol. The standard InChI is InChI=1S/C22H29N5/c1-2-7-19(8-3-1)9-6-12-26-13-15-27(16-14-26)22-17-21(23-18-24-22)25-20-10-4-5-11-20/h1-3,6-9,17-18,20H,4-5,10-16H2,(H,23,24,25)/b9-6+. The first-order valence-corrected chi connectivity index (χ1v) is 10.1. The molecule has 1 aliphatic carbocycles. The van der Waals surface area contributed by atoms with Gasteiger partial charge in [0.05, 0.1) is 0 Å². The first kappa shape index (κ1) is 18.0. The second-order valence-corrected chi connectivity index (χ2v) is 7.49. The zero-order valence-corrected chi connectivity index (χ0v) is 15.9. The van der Waals surface area contributed by atoms with Crippen LogP contribution in [0.2, 0.25) is 0 Å². The Kier molecular flexibility index (Phi) is 5.99. The second kappa shape index (κ2) is 9.00. The predicted molar refractivity (Wildman–Crippen MR) is 112 cm³/mol. The summed E-state index contributed by atoms with van der Waals surface area (Å²) in [6.07, 6.45) is 11.3. The Morgan fingerprint density at radius 3 is 2.56 bits per heavy atom. The molecule has 2 aliphatic rings. The van der Waals surface area contributed by atoms with Crippen LogP contribution in [0.3, 0.4) is 0 Å². The van der Waals surface area contributed by atoms with Crippen LogP contribution in [0.1, 0.15) is 31.2 Å². The van der Waals surface area contributed by atoms with Gasteiger partial charge in [-0.25, -0.2) is 9.97 Å². The van der Waals surface area contributed by atoms with Gasteiger partial charge in [0.2, 0.25) is 0 Å². The molecule has 0 amide bonds. The number of benzene rings is 1. The fourth-order valence-corrected chi connectivity index (χ4v) is 3.94. The lowest BCUT2D eigenvalue weighted by Gasteiger charge is -2.35. The minimum Gasteiger partial charge on any atom is -0.367 e. The van der Waals surface area contributed by atoms with Crippen LogP contribution < -0.4 is 10.2 Å². The number of hydrogen-bond donors (Lipinski definition) is 1. The highest BCUT2D eigenvalue weighted by Crippen LogP contribution is 2.23. The maximum atomic E-state index is 4.51. The number of aromatic nitrogens is 2. The zero-order valence-electron chi connectivity index (χ0n) is 15.9. The topological polar surface area (TPSA) is 44.3 Å². The number of nitrogens with one attached hydrogen (secondary N) is 1. The number of nitrogens with zero attached hydrogens (tertiary/aromatic N) is 4. The fraction of sp³-hybridized carbons (Fsp3) is 0.455. The van der Waals surface area contributed by atoms with Crippen LogP contribution in [0.4, 0.5) is 11.6 Å². The minimum absolute atomic E-state index is 0.584. The molecule has 1 N–H and O–H groups in total. The highest BCUT2D eigenvalue weighted by molar-refractivity contribution is 5.50. The third kappa shape index (κ3) is 5.07. The highest BCUT2D eigenvalue weighted by Gasteiger charge is 2.19. The Morgan fingerprint density at radius 2 is 1.78 bits per heavy atom. The van der Waals surface area contributed by atoms with Crippen molar-refractivity contribution in [2.24, 2.45) is 0 Å². The molecule has 0 bridgehead atoms. The van der Waals surface area contributed by atoms with Crippen molar-refractivity contribution in [1.82, 2.24) is 14.9 Å². The first-order valence-electron chi connectivity index (χ1n) is 10.1. The van der Waals surface area contributed by atoms with Gasteiger partial charge < -0.3 is 10.2 Å². The maximum absolute atomic E-state index is 4.51. The number of piperazine rings is 1. The third-order valence-corrected chi connectivity index (χ3v) is 5.53. The molecular formula is C22H29N5. The maximum Gasteiger partial charge on any atom is 0.134 e. The zero-order chi connectivity index (χ0) is 18.3. The molecule has 142 valence electrons. The molecule has 1 saturated heterocycles. The molecular weight excluding hydrogens is 334 g/mol. The van der Waals surface area contributed by atoms with Gasteiger partial charge in [0.15, 0.2) is 0 Å². The smallest absolute Gasteiger partial charge is 0.134 e. The molecule has 1 saturated carbocycles. The molecule has 5 heteroatoms. The lowest BCUT2D eigenvalue weighted by molar-refractivity contribution is 0.283. The largest absolute Gasteiger partial charge is 0.367 e. The molecule has 0 unspecified atom stereocenters. The molecule has 2 aromatic rings. The summed E-state index contributed by atoms with van der Waals surface area (Å²) in [7, 11) is 0. The molecule has 0 radical (unpaired) electrons. The van der Waals surface area contributed by atoms with Crippen LogP contribution in [0.25, 0.3) is 6.08 Å². The van der Waals surface area contributed by atoms with Crippen LogP contribution in [0.5, 0.6) is 0 Å². The Bertz CT molecular complexity index is 731. The molecule has 1 aromatic heterocycles. The van der Waals surface area contributed by atoms with E-state index in [-0.39, 0.29) is 0 Å². The SMILES string of the molecule is C(=C\c1ccccc1)/CN1CCN(c2cc(NC3CCCC3)ncn2)CC1. The fourth-order valence-electron chi connectivity index (χ4n) is 3.94. The van der Waals surface area contributed by atoms with Crippen LogP contribution >= 0.6 is 0 Å². The molecule has 2 heterocycles. The van der Waals surface area contributed by atoms with E-state index in [2.05, 4.69) is 73.6 Å². The minimum atomic E-state index is 0.584. The van der Waals surface area contributed by atoms with Crippen molar-refractivity contribution in [3.05, 3.63) is 54.4 Å². The summed E-state index contributed by atoms with van der Waals surface area (Å²) in [6, 6.07) is 13.2. The molecule has 27 heavy (non-hydrogen) atoms. The van der Waals surface area contributed by atoms with E-state index >= 15 is 0 Å². The number of anilines is 2. The van der Waals surface area contributed by atoms with E-state index < -0.39 is 0 Å². The summed E-state index contributed by atoms with van der Waals surface area (Å²) < 4.78 is 0. The molecule has 4 rings (SSSR count). The first-order chi connectivity index (χ1) is 13.4. The van der Waals surface area contributed by atoms with Crippen molar-refractivity contribution < 1.29 is 0 Å². The Labute approximate surface area is 162 Å². The van der Waals surface area contributed by atoms with Crippen LogP contribution in [-0.4, -0.2) is 53.6 Å². The summed E-state index contributed by atoms with van der Waals surface area (Å²) in [5, 5.41) is 3.58. The van der Waals surface area contributed by atoms with E-state index in [1.54, 1.807) is 6.33 Å². The summed E-state index contributed by atoms with van der Waals surface area (Å²) in [6.45, 7) is 5.15. The molecule has 2 fully saturated rings. The van der Waals surface area contributed by atoms with Crippen molar-refractivity contribution in [3.8, 4) is 0 Å². The summed E-state index contributed by atoms with van der Waals surface area (Å²) in [5.41, 5.74) is 1.26. The Balaban J connectivity index is 1.27. The van der Waals surface area contributed by atoms with E-state index in [9.17, 15) is 0 Å². The van der Waals surface area contributed by atoms with Gasteiger partial charge >= 0.3 is 0 Å². The average molecular weight is 364 g/mol. The van der Waals surface area contributed by atoms with E-state index in [1.165, 1.54) is 31.2 Å². The van der Waals surface area contributed by atoms with Crippen molar-refractivity contribution >= 4 is 17.7 Å². The summed E-state index contributed by atoms with van der Waals surface area (Å²) >= 11 is 0. The van der Waals surface area contributed by atoms with E-state index in [4.69, 9.17) is 0 Å². The van der Waals surface area contributed by atoms with Crippen molar-refractivity contribution in [2.75, 3.05) is 42.9 Å². The lowest BCUT2D eigenvalue weighted by atomic mass is 10.2. The third-order valence-electron chi connectivity index (χ3n) is 5.53. The molecule has 5 nitrogen and oxygen atoms in total. The van der Waals surface area contributed by atoms with Gasteiger partial charge in [0.25, 0.3) is 0 Å². The van der Waals surface area contributed by atoms with Gasteiger partial charge in [-0.1, -0.05) is 55.3 Å². The van der Waals surface area contributed by atoms with E-state index in [1.807, 2.05) is 0 Å². The summed E-state index contributed by atoms with van der Waals surface area (Å²) in [5.74, 6) is 2.02. The normalized spacial score (nSPS) is 19.0. The lowest BCUT2D eigenvalue weighted by Crippen LogP contribution is -2.46. The van der Waals surface area contributed by atoms with Gasteiger partial charge in [0.1, 0.15) is 18.0 Å². The molecule has 0 spiro atoms. The van der Waals surface area contributed by atoms with Gasteiger partial charge in [-0.3, -0.25) is 4.90 Å². The summed E-state index contributed by atoms with van der Waals surface area (Å²) in [4.78, 5) is 13.8. The Hall–Kier alpha value is -2.40. The highest BCUT2D eigenvalue weighted by atomic mass is 15.3. The predicted octanol–water partition coefficient (Wildman–Crippen LogP) is 3.67. The molecule has 0 atom stereocenters. The van der Waals surface area contributed by atoms with Crippen molar-refractivity contribution in [2.45, 2.75) is 31.7 Å². The van der Waals surface area contributed by atoms with Crippen molar-refractivity contribution in [3.63, 3.8) is 0 Å². The van der Waals surface area contributed by atoms with Crippen LogP contribution in [0, 0.1) is 0 Å². The molecule has 1 aliphatic heterocycles. The van der Waals surface area contributed by atoms with Crippen LogP contribution in [-0.2, 0) is 0 Å². The van der Waals surface area contributed by atoms with E-state index in [0.717, 1.165) is 44.4 Å². The van der Waals surface area contributed by atoms with Gasteiger partial charge in [0, 0.05) is 44.8 Å². The van der Waals surface area contributed by atoms with Gasteiger partial charge in [-0.2, -0.15) is 0 Å². The van der Waals surface area contributed by atoms with Gasteiger partial charge in [-0.05, 0) is 18.4 Å².